The minimum atomic E-state index is -0.601. The third kappa shape index (κ3) is 3.43. The van der Waals surface area contributed by atoms with Gasteiger partial charge in [0.15, 0.2) is 5.69 Å². The number of halogens is 1. The van der Waals surface area contributed by atoms with E-state index in [1.165, 1.54) is 24.1 Å². The highest BCUT2D eigenvalue weighted by Gasteiger charge is 2.23. The molecular formula is C16H15ClN2O3. The van der Waals surface area contributed by atoms with Crippen molar-refractivity contribution in [2.45, 2.75) is 13.8 Å². The number of amides is 1. The summed E-state index contributed by atoms with van der Waals surface area (Å²) in [7, 11) is 0. The molecule has 1 aromatic carbocycles. The maximum absolute atomic E-state index is 12.1. The van der Waals surface area contributed by atoms with Crippen molar-refractivity contribution in [1.82, 2.24) is 4.98 Å². The van der Waals surface area contributed by atoms with Crippen LogP contribution in [-0.4, -0.2) is 23.5 Å². The zero-order chi connectivity index (χ0) is 16.1. The van der Waals surface area contributed by atoms with Crippen LogP contribution in [0.1, 0.15) is 24.3 Å². The van der Waals surface area contributed by atoms with Crippen LogP contribution in [0, 0.1) is 0 Å². The van der Waals surface area contributed by atoms with E-state index in [4.69, 9.17) is 16.3 Å². The summed E-state index contributed by atoms with van der Waals surface area (Å²) in [6.07, 6.45) is 1.35. The van der Waals surface area contributed by atoms with Gasteiger partial charge >= 0.3 is 5.97 Å². The number of hydrogen-bond donors (Lipinski definition) is 0. The molecule has 2 rings (SSSR count). The van der Waals surface area contributed by atoms with E-state index in [0.29, 0.717) is 16.4 Å². The molecule has 0 atom stereocenters. The third-order valence-corrected chi connectivity index (χ3v) is 3.08. The van der Waals surface area contributed by atoms with Crippen LogP contribution in [0.4, 0.5) is 11.4 Å². The lowest BCUT2D eigenvalue weighted by atomic mass is 10.2. The molecule has 0 aliphatic carbocycles. The molecule has 0 aliphatic heterocycles. The van der Waals surface area contributed by atoms with Crippen LogP contribution in [-0.2, 0) is 9.53 Å². The highest BCUT2D eigenvalue weighted by atomic mass is 35.5. The van der Waals surface area contributed by atoms with E-state index >= 15 is 0 Å². The average molecular weight is 319 g/mol. The van der Waals surface area contributed by atoms with Gasteiger partial charge < -0.3 is 4.74 Å². The van der Waals surface area contributed by atoms with E-state index in [1.807, 2.05) is 6.07 Å². The Bertz CT molecular complexity index is 689. The Morgan fingerprint density at radius 2 is 1.95 bits per heavy atom. The fourth-order valence-electron chi connectivity index (χ4n) is 2.02. The Labute approximate surface area is 133 Å². The molecule has 0 radical (unpaired) electrons. The molecule has 114 valence electrons. The molecule has 0 aliphatic rings. The maximum Gasteiger partial charge on any atom is 0.359 e. The largest absolute Gasteiger partial charge is 0.461 e. The second-order valence-electron chi connectivity index (χ2n) is 4.43. The lowest BCUT2D eigenvalue weighted by Gasteiger charge is -2.23. The first-order valence-corrected chi connectivity index (χ1v) is 7.10. The second kappa shape index (κ2) is 7.04. The van der Waals surface area contributed by atoms with Gasteiger partial charge in [0.1, 0.15) is 0 Å². The predicted octanol–water partition coefficient (Wildman–Crippen LogP) is 3.60. The molecule has 0 bridgehead atoms. The van der Waals surface area contributed by atoms with Crippen LogP contribution in [0.2, 0.25) is 5.02 Å². The average Bonchev–Trinajstić information content (AvgIpc) is 2.48. The van der Waals surface area contributed by atoms with Crippen LogP contribution in [0.15, 0.2) is 42.6 Å². The quantitative estimate of drug-likeness (QED) is 0.808. The summed E-state index contributed by atoms with van der Waals surface area (Å²) in [5, 5.41) is 0.324. The summed E-state index contributed by atoms with van der Waals surface area (Å²) in [5.74, 6) is -0.864. The lowest BCUT2D eigenvalue weighted by molar-refractivity contribution is -0.115. The van der Waals surface area contributed by atoms with Crippen LogP contribution < -0.4 is 4.90 Å². The smallest absolute Gasteiger partial charge is 0.359 e. The number of nitrogens with zero attached hydrogens (tertiary/aromatic N) is 2. The molecular weight excluding hydrogens is 304 g/mol. The number of para-hydroxylation sites is 1. The molecule has 0 unspecified atom stereocenters. The Balaban J connectivity index is 2.59. The number of ether oxygens (including phenoxy) is 1. The molecule has 0 spiro atoms. The van der Waals surface area contributed by atoms with Crippen molar-refractivity contribution in [3.05, 3.63) is 53.3 Å². The van der Waals surface area contributed by atoms with Gasteiger partial charge in [-0.15, -0.1) is 0 Å². The number of carbonyl (C=O) groups is 2. The van der Waals surface area contributed by atoms with Crippen molar-refractivity contribution in [3.8, 4) is 0 Å². The van der Waals surface area contributed by atoms with Crippen molar-refractivity contribution in [3.63, 3.8) is 0 Å². The molecule has 0 N–H and O–H groups in total. The standard InChI is InChI=1S/C16H15ClN2O3/c1-3-22-16(21)15-14(9-12(17)10-18-15)19(11(2)20)13-7-5-4-6-8-13/h4-10H,3H2,1-2H3. The zero-order valence-corrected chi connectivity index (χ0v) is 13.0. The molecule has 6 heteroatoms. The van der Waals surface area contributed by atoms with Gasteiger partial charge in [-0.05, 0) is 25.1 Å². The molecule has 1 amide bonds. The SMILES string of the molecule is CCOC(=O)c1ncc(Cl)cc1N(C(C)=O)c1ccccc1. The molecule has 1 aromatic heterocycles. The van der Waals surface area contributed by atoms with E-state index in [0.717, 1.165) is 0 Å². The Morgan fingerprint density at radius 1 is 1.27 bits per heavy atom. The van der Waals surface area contributed by atoms with Gasteiger partial charge in [-0.25, -0.2) is 9.78 Å². The summed E-state index contributed by atoms with van der Waals surface area (Å²) in [6.45, 7) is 3.32. The molecule has 0 fully saturated rings. The van der Waals surface area contributed by atoms with Crippen LogP contribution >= 0.6 is 11.6 Å². The first-order valence-electron chi connectivity index (χ1n) is 6.73. The highest BCUT2D eigenvalue weighted by Crippen LogP contribution is 2.30. The fourth-order valence-corrected chi connectivity index (χ4v) is 2.18. The molecule has 1 heterocycles. The summed E-state index contributed by atoms with van der Waals surface area (Å²) >= 11 is 5.98. The van der Waals surface area contributed by atoms with Gasteiger partial charge in [0, 0.05) is 18.8 Å². The molecule has 0 saturated heterocycles. The number of anilines is 2. The van der Waals surface area contributed by atoms with Crippen molar-refractivity contribution >= 4 is 34.9 Å². The summed E-state index contributed by atoms with van der Waals surface area (Å²) in [5.41, 5.74) is 0.958. The molecule has 22 heavy (non-hydrogen) atoms. The molecule has 5 nitrogen and oxygen atoms in total. The second-order valence-corrected chi connectivity index (χ2v) is 4.87. The van der Waals surface area contributed by atoms with E-state index in [-0.39, 0.29) is 18.2 Å². The van der Waals surface area contributed by atoms with E-state index in [9.17, 15) is 9.59 Å². The highest BCUT2D eigenvalue weighted by molar-refractivity contribution is 6.31. The maximum atomic E-state index is 12.1. The summed E-state index contributed by atoms with van der Waals surface area (Å²) in [4.78, 5) is 29.6. The van der Waals surface area contributed by atoms with Crippen LogP contribution in [0.5, 0.6) is 0 Å². The number of esters is 1. The van der Waals surface area contributed by atoms with Crippen molar-refractivity contribution in [2.24, 2.45) is 0 Å². The van der Waals surface area contributed by atoms with Gasteiger partial charge in [-0.2, -0.15) is 0 Å². The monoisotopic (exact) mass is 318 g/mol. The number of aromatic nitrogens is 1. The zero-order valence-electron chi connectivity index (χ0n) is 12.2. The molecule has 2 aromatic rings. The van der Waals surface area contributed by atoms with E-state index in [2.05, 4.69) is 4.98 Å². The Hall–Kier alpha value is -2.40. The van der Waals surface area contributed by atoms with Gasteiger partial charge in [0.25, 0.3) is 0 Å². The topological polar surface area (TPSA) is 59.5 Å². The first-order chi connectivity index (χ1) is 10.5. The van der Waals surface area contributed by atoms with Gasteiger partial charge in [-0.1, -0.05) is 29.8 Å². The Kier molecular flexibility index (Phi) is 5.12. The molecule has 0 saturated carbocycles. The van der Waals surface area contributed by atoms with Crippen molar-refractivity contribution in [2.75, 3.05) is 11.5 Å². The minimum absolute atomic E-state index is 0.0466. The van der Waals surface area contributed by atoms with Gasteiger partial charge in [0.2, 0.25) is 5.91 Å². The summed E-state index contributed by atoms with van der Waals surface area (Å²) in [6, 6.07) is 10.5. The van der Waals surface area contributed by atoms with Crippen molar-refractivity contribution in [1.29, 1.82) is 0 Å². The predicted molar refractivity (Wildman–Crippen MR) is 84.5 cm³/mol. The van der Waals surface area contributed by atoms with E-state index in [1.54, 1.807) is 31.2 Å². The summed E-state index contributed by atoms with van der Waals surface area (Å²) < 4.78 is 4.99. The van der Waals surface area contributed by atoms with Gasteiger partial charge in [0.05, 0.1) is 17.3 Å². The normalized spacial score (nSPS) is 10.1. The minimum Gasteiger partial charge on any atom is -0.461 e. The number of pyridine rings is 1. The number of carbonyl (C=O) groups excluding carboxylic acids is 2. The van der Waals surface area contributed by atoms with Crippen LogP contribution in [0.25, 0.3) is 0 Å². The van der Waals surface area contributed by atoms with Gasteiger partial charge in [-0.3, -0.25) is 9.69 Å². The number of rotatable bonds is 4. The third-order valence-electron chi connectivity index (χ3n) is 2.87. The fraction of sp³-hybridized carbons (Fsp3) is 0.188. The first kappa shape index (κ1) is 16.0. The number of benzene rings is 1. The Morgan fingerprint density at radius 3 is 2.55 bits per heavy atom. The van der Waals surface area contributed by atoms with Crippen molar-refractivity contribution < 1.29 is 14.3 Å². The lowest BCUT2D eigenvalue weighted by Crippen LogP contribution is -2.25. The van der Waals surface area contributed by atoms with Crippen LogP contribution in [0.3, 0.4) is 0 Å². The van der Waals surface area contributed by atoms with E-state index < -0.39 is 5.97 Å². The number of hydrogen-bond acceptors (Lipinski definition) is 4.